The second-order valence-electron chi connectivity index (χ2n) is 2.30. The van der Waals surface area contributed by atoms with Gasteiger partial charge >= 0.3 is 5.97 Å². The van der Waals surface area contributed by atoms with Crippen molar-refractivity contribution in [1.29, 1.82) is 0 Å². The molecule has 0 aliphatic carbocycles. The normalized spacial score (nSPS) is 9.31. The summed E-state index contributed by atoms with van der Waals surface area (Å²) in [5, 5.41) is 0. The second kappa shape index (κ2) is 7.42. The van der Waals surface area contributed by atoms with Gasteiger partial charge in [-0.3, -0.25) is 9.59 Å². The zero-order valence-corrected chi connectivity index (χ0v) is 7.45. The molecule has 0 spiro atoms. The molecule has 0 aliphatic rings. The number of aldehydes is 1. The molecule has 0 aromatic carbocycles. The van der Waals surface area contributed by atoms with Crippen LogP contribution in [-0.4, -0.2) is 38.4 Å². The van der Waals surface area contributed by atoms with Crippen LogP contribution >= 0.6 is 0 Å². The molecule has 5 heteroatoms. The molecule has 0 aromatic heterocycles. The van der Waals surface area contributed by atoms with E-state index in [1.165, 1.54) is 7.11 Å². The lowest BCUT2D eigenvalue weighted by Crippen LogP contribution is -2.15. The maximum absolute atomic E-state index is 10.9. The first kappa shape index (κ1) is 11.8. The van der Waals surface area contributed by atoms with Gasteiger partial charge < -0.3 is 14.3 Å². The molecule has 0 fully saturated rings. The average Bonchev–Trinajstić information content (AvgIpc) is 2.12. The molecule has 0 unspecified atom stereocenters. The molecule has 0 rings (SSSR count). The highest BCUT2D eigenvalue weighted by Crippen LogP contribution is 1.89. The summed E-state index contributed by atoms with van der Waals surface area (Å²) in [4.78, 5) is 31.3. The standard InChI is InChI=1S/C8H12O5/c1-12-8(11)5-7(10)6-13-4-2-3-9/h3H,2,4-6H2,1H3. The van der Waals surface area contributed by atoms with Gasteiger partial charge in [-0.25, -0.2) is 0 Å². The Hall–Kier alpha value is -1.23. The maximum Gasteiger partial charge on any atom is 0.313 e. The Balaban J connectivity index is 3.40. The van der Waals surface area contributed by atoms with Crippen molar-refractivity contribution in [1.82, 2.24) is 0 Å². The molecule has 0 saturated carbocycles. The van der Waals surface area contributed by atoms with E-state index in [1.807, 2.05) is 0 Å². The highest BCUT2D eigenvalue weighted by atomic mass is 16.5. The minimum Gasteiger partial charge on any atom is -0.469 e. The fraction of sp³-hybridized carbons (Fsp3) is 0.625. The number of ketones is 1. The van der Waals surface area contributed by atoms with Gasteiger partial charge in [-0.1, -0.05) is 0 Å². The second-order valence-corrected chi connectivity index (χ2v) is 2.30. The topological polar surface area (TPSA) is 69.7 Å². The van der Waals surface area contributed by atoms with Crippen LogP contribution in [0.2, 0.25) is 0 Å². The van der Waals surface area contributed by atoms with Gasteiger partial charge in [-0.15, -0.1) is 0 Å². The third kappa shape index (κ3) is 7.14. The van der Waals surface area contributed by atoms with Gasteiger partial charge in [0.25, 0.3) is 0 Å². The molecule has 0 N–H and O–H groups in total. The van der Waals surface area contributed by atoms with Crippen LogP contribution in [0, 0.1) is 0 Å². The lowest BCUT2D eigenvalue weighted by atomic mass is 10.3. The van der Waals surface area contributed by atoms with E-state index in [0.717, 1.165) is 0 Å². The summed E-state index contributed by atoms with van der Waals surface area (Å²) in [6, 6.07) is 0. The maximum atomic E-state index is 10.9. The van der Waals surface area contributed by atoms with Crippen LogP contribution in [-0.2, 0) is 23.9 Å². The molecule has 0 aliphatic heterocycles. The molecule has 13 heavy (non-hydrogen) atoms. The molecule has 0 atom stereocenters. The van der Waals surface area contributed by atoms with Gasteiger partial charge in [0, 0.05) is 6.42 Å². The zero-order chi connectivity index (χ0) is 10.1. The van der Waals surface area contributed by atoms with E-state index in [-0.39, 0.29) is 31.8 Å². The first-order valence-electron chi connectivity index (χ1n) is 3.80. The van der Waals surface area contributed by atoms with Gasteiger partial charge in [-0.05, 0) is 0 Å². The number of Topliss-reactive ketones (excluding diaryl/α,β-unsaturated/α-hetero) is 1. The Morgan fingerprint density at radius 2 is 2.08 bits per heavy atom. The number of rotatable bonds is 7. The summed E-state index contributed by atoms with van der Waals surface area (Å²) >= 11 is 0. The molecule has 5 nitrogen and oxygen atoms in total. The summed E-state index contributed by atoms with van der Waals surface area (Å²) in [5.41, 5.74) is 0. The Morgan fingerprint density at radius 1 is 1.38 bits per heavy atom. The predicted molar refractivity (Wildman–Crippen MR) is 43.1 cm³/mol. The van der Waals surface area contributed by atoms with Crippen molar-refractivity contribution >= 4 is 18.0 Å². The summed E-state index contributed by atoms with van der Waals surface area (Å²) in [6.07, 6.45) is 0.674. The van der Waals surface area contributed by atoms with E-state index >= 15 is 0 Å². The van der Waals surface area contributed by atoms with Gasteiger partial charge in [0.2, 0.25) is 0 Å². The van der Waals surface area contributed by atoms with Gasteiger partial charge in [-0.2, -0.15) is 0 Å². The van der Waals surface area contributed by atoms with Crippen molar-refractivity contribution in [2.45, 2.75) is 12.8 Å². The third-order valence-electron chi connectivity index (χ3n) is 1.21. The lowest BCUT2D eigenvalue weighted by Gasteiger charge is -2.00. The molecule has 0 heterocycles. The number of carbonyl (C=O) groups excluding carboxylic acids is 3. The predicted octanol–water partition coefficient (Wildman–Crippen LogP) is -0.276. The van der Waals surface area contributed by atoms with Crippen molar-refractivity contribution in [3.05, 3.63) is 0 Å². The van der Waals surface area contributed by atoms with Crippen LogP contribution in [0.4, 0.5) is 0 Å². The Bertz CT molecular complexity index is 187. The Morgan fingerprint density at radius 3 is 2.62 bits per heavy atom. The summed E-state index contributed by atoms with van der Waals surface area (Å²) in [6.45, 7) is 0.0549. The van der Waals surface area contributed by atoms with E-state index in [4.69, 9.17) is 4.74 Å². The fourth-order valence-electron chi connectivity index (χ4n) is 0.602. The molecule has 74 valence electrons. The van der Waals surface area contributed by atoms with Crippen LogP contribution in [0.5, 0.6) is 0 Å². The third-order valence-corrected chi connectivity index (χ3v) is 1.21. The summed E-state index contributed by atoms with van der Waals surface area (Å²) in [5.74, 6) is -0.929. The molecule has 0 aromatic rings. The molecule has 0 amide bonds. The number of hydrogen-bond acceptors (Lipinski definition) is 5. The summed E-state index contributed by atoms with van der Waals surface area (Å²) < 4.78 is 9.07. The molecular weight excluding hydrogens is 176 g/mol. The van der Waals surface area contributed by atoms with Gasteiger partial charge in [0.1, 0.15) is 19.3 Å². The highest BCUT2D eigenvalue weighted by Gasteiger charge is 2.08. The smallest absolute Gasteiger partial charge is 0.313 e. The molecule has 0 radical (unpaired) electrons. The molecule has 0 saturated heterocycles. The van der Waals surface area contributed by atoms with Crippen LogP contribution in [0.3, 0.4) is 0 Å². The minimum atomic E-state index is -0.580. The Kier molecular flexibility index (Phi) is 6.72. The summed E-state index contributed by atoms with van der Waals surface area (Å²) in [7, 11) is 1.21. The first-order valence-corrected chi connectivity index (χ1v) is 3.80. The van der Waals surface area contributed by atoms with E-state index in [9.17, 15) is 14.4 Å². The number of hydrogen-bond donors (Lipinski definition) is 0. The molecular formula is C8H12O5. The van der Waals surface area contributed by atoms with Crippen molar-refractivity contribution in [2.75, 3.05) is 20.3 Å². The monoisotopic (exact) mass is 188 g/mol. The van der Waals surface area contributed by atoms with Crippen LogP contribution in [0.15, 0.2) is 0 Å². The van der Waals surface area contributed by atoms with E-state index in [2.05, 4.69) is 4.74 Å². The number of ether oxygens (including phenoxy) is 2. The Labute approximate surface area is 76.0 Å². The quantitative estimate of drug-likeness (QED) is 0.238. The number of methoxy groups -OCH3 is 1. The van der Waals surface area contributed by atoms with Crippen molar-refractivity contribution < 1.29 is 23.9 Å². The van der Waals surface area contributed by atoms with Crippen LogP contribution in [0.1, 0.15) is 12.8 Å². The lowest BCUT2D eigenvalue weighted by molar-refractivity contribution is -0.144. The van der Waals surface area contributed by atoms with Crippen molar-refractivity contribution in [3.8, 4) is 0 Å². The fourth-order valence-corrected chi connectivity index (χ4v) is 0.602. The van der Waals surface area contributed by atoms with E-state index in [1.54, 1.807) is 0 Å². The minimum absolute atomic E-state index is 0.150. The van der Waals surface area contributed by atoms with Gasteiger partial charge in [0.15, 0.2) is 5.78 Å². The van der Waals surface area contributed by atoms with E-state index in [0.29, 0.717) is 6.29 Å². The molecule has 0 bridgehead atoms. The first-order chi connectivity index (χ1) is 6.20. The highest BCUT2D eigenvalue weighted by molar-refractivity contribution is 5.96. The number of esters is 1. The van der Waals surface area contributed by atoms with Crippen molar-refractivity contribution in [3.63, 3.8) is 0 Å². The van der Waals surface area contributed by atoms with Crippen LogP contribution < -0.4 is 0 Å². The van der Waals surface area contributed by atoms with Gasteiger partial charge in [0.05, 0.1) is 13.7 Å². The van der Waals surface area contributed by atoms with Crippen molar-refractivity contribution in [2.24, 2.45) is 0 Å². The van der Waals surface area contributed by atoms with Crippen LogP contribution in [0.25, 0.3) is 0 Å². The average molecular weight is 188 g/mol. The zero-order valence-electron chi connectivity index (χ0n) is 7.45. The van der Waals surface area contributed by atoms with E-state index < -0.39 is 5.97 Å². The largest absolute Gasteiger partial charge is 0.469 e. The SMILES string of the molecule is COC(=O)CC(=O)COCCC=O. The number of carbonyl (C=O) groups is 3.